The summed E-state index contributed by atoms with van der Waals surface area (Å²) in [4.78, 5) is 10.8. The van der Waals surface area contributed by atoms with Gasteiger partial charge in [0.2, 0.25) is 5.83 Å². The van der Waals surface area contributed by atoms with Crippen molar-refractivity contribution >= 4 is 23.4 Å². The summed E-state index contributed by atoms with van der Waals surface area (Å²) in [6.45, 7) is 3.51. The Morgan fingerprint density at radius 3 is 2.86 bits per heavy atom. The Balaban J connectivity index is 2.73. The molecule has 0 aliphatic heterocycles. The van der Waals surface area contributed by atoms with Crippen molar-refractivity contribution in [1.82, 2.24) is 10.2 Å². The molecule has 4 nitrogen and oxygen atoms in total. The highest BCUT2D eigenvalue weighted by atomic mass is 32.1. The van der Waals surface area contributed by atoms with Crippen molar-refractivity contribution in [2.75, 3.05) is 6.61 Å². The van der Waals surface area contributed by atoms with Crippen molar-refractivity contribution in [2.24, 2.45) is 0 Å². The van der Waals surface area contributed by atoms with Crippen molar-refractivity contribution < 1.29 is 13.9 Å². The van der Waals surface area contributed by atoms with Gasteiger partial charge in [-0.05, 0) is 13.8 Å². The molecule has 0 atom stereocenters. The molecule has 0 aliphatic rings. The van der Waals surface area contributed by atoms with Crippen molar-refractivity contribution in [3.63, 3.8) is 0 Å². The van der Waals surface area contributed by atoms with Gasteiger partial charge in [-0.25, -0.2) is 4.79 Å². The second kappa shape index (κ2) is 4.80. The number of rotatable bonds is 3. The van der Waals surface area contributed by atoms with Gasteiger partial charge in [0, 0.05) is 6.08 Å². The quantitative estimate of drug-likeness (QED) is 0.570. The third kappa shape index (κ3) is 2.88. The minimum atomic E-state index is -0.972. The lowest BCUT2D eigenvalue weighted by molar-refractivity contribution is -0.140. The molecule has 1 aromatic heterocycles. The van der Waals surface area contributed by atoms with Crippen LogP contribution in [0.1, 0.15) is 16.9 Å². The number of aromatic nitrogens is 2. The third-order valence-corrected chi connectivity index (χ3v) is 2.05. The van der Waals surface area contributed by atoms with Crippen LogP contribution in [0.4, 0.5) is 4.39 Å². The zero-order chi connectivity index (χ0) is 10.6. The average molecular weight is 216 g/mol. The van der Waals surface area contributed by atoms with Gasteiger partial charge >= 0.3 is 5.97 Å². The van der Waals surface area contributed by atoms with Crippen molar-refractivity contribution in [2.45, 2.75) is 13.8 Å². The molecule has 76 valence electrons. The number of nitrogens with zero attached hydrogens (tertiary/aromatic N) is 2. The minimum absolute atomic E-state index is 0.148. The third-order valence-electron chi connectivity index (χ3n) is 1.26. The second-order valence-corrected chi connectivity index (χ2v) is 3.59. The van der Waals surface area contributed by atoms with Crippen LogP contribution in [0.2, 0.25) is 0 Å². The summed E-state index contributed by atoms with van der Waals surface area (Å²) < 4.78 is 17.5. The maximum Gasteiger partial charge on any atom is 0.367 e. The summed E-state index contributed by atoms with van der Waals surface area (Å²) in [6, 6.07) is 0. The number of hydrogen-bond acceptors (Lipinski definition) is 5. The largest absolute Gasteiger partial charge is 0.461 e. The lowest BCUT2D eigenvalue weighted by Crippen LogP contribution is -2.03. The molecule has 0 saturated carbocycles. The van der Waals surface area contributed by atoms with Gasteiger partial charge in [-0.15, -0.1) is 10.2 Å². The first-order chi connectivity index (χ1) is 6.63. The van der Waals surface area contributed by atoms with E-state index >= 15 is 0 Å². The van der Waals surface area contributed by atoms with Crippen LogP contribution in [-0.4, -0.2) is 22.8 Å². The van der Waals surface area contributed by atoms with Gasteiger partial charge in [-0.1, -0.05) is 11.3 Å². The van der Waals surface area contributed by atoms with Crippen LogP contribution in [0.3, 0.4) is 0 Å². The lowest BCUT2D eigenvalue weighted by Gasteiger charge is -1.96. The summed E-state index contributed by atoms with van der Waals surface area (Å²) in [5, 5.41) is 8.39. The molecule has 0 N–H and O–H groups in total. The molecule has 0 unspecified atom stereocenters. The maximum absolute atomic E-state index is 13.0. The van der Waals surface area contributed by atoms with Crippen LogP contribution >= 0.6 is 11.3 Å². The summed E-state index contributed by atoms with van der Waals surface area (Å²) in [6.07, 6.45) is 1.02. The molecule has 0 aliphatic carbocycles. The molecule has 0 radical (unpaired) electrons. The van der Waals surface area contributed by atoms with Crippen molar-refractivity contribution in [3.05, 3.63) is 15.8 Å². The van der Waals surface area contributed by atoms with E-state index in [9.17, 15) is 9.18 Å². The Morgan fingerprint density at radius 1 is 1.64 bits per heavy atom. The fraction of sp³-hybridized carbons (Fsp3) is 0.375. The number of ether oxygens (including phenoxy) is 1. The molecule has 0 fully saturated rings. The first-order valence-electron chi connectivity index (χ1n) is 3.98. The van der Waals surface area contributed by atoms with Crippen molar-refractivity contribution in [3.8, 4) is 0 Å². The first-order valence-corrected chi connectivity index (χ1v) is 4.79. The van der Waals surface area contributed by atoms with Crippen LogP contribution in [0, 0.1) is 6.92 Å². The molecule has 0 saturated heterocycles. The SMILES string of the molecule is CCOC(=O)/C(F)=C/c1nnc(C)s1. The van der Waals surface area contributed by atoms with Crippen LogP contribution in [0.25, 0.3) is 6.08 Å². The number of carbonyl (C=O) groups is 1. The number of carbonyl (C=O) groups excluding carboxylic acids is 1. The van der Waals surface area contributed by atoms with E-state index in [1.54, 1.807) is 13.8 Å². The van der Waals surface area contributed by atoms with Crippen LogP contribution in [-0.2, 0) is 9.53 Å². The predicted molar refractivity (Wildman–Crippen MR) is 50.4 cm³/mol. The Labute approximate surface area is 84.4 Å². The Bertz CT molecular complexity index is 362. The van der Waals surface area contributed by atoms with Gasteiger partial charge in [-0.3, -0.25) is 0 Å². The first kappa shape index (κ1) is 10.8. The fourth-order valence-corrected chi connectivity index (χ4v) is 1.37. The van der Waals surface area contributed by atoms with E-state index in [4.69, 9.17) is 0 Å². The van der Waals surface area contributed by atoms with Crippen LogP contribution < -0.4 is 0 Å². The summed E-state index contributed by atoms with van der Waals surface area (Å²) >= 11 is 1.21. The molecule has 0 amide bonds. The molecule has 1 heterocycles. The fourth-order valence-electron chi connectivity index (χ4n) is 0.738. The monoisotopic (exact) mass is 216 g/mol. The Kier molecular flexibility index (Phi) is 3.70. The highest BCUT2D eigenvalue weighted by Gasteiger charge is 2.10. The van der Waals surface area contributed by atoms with E-state index in [1.165, 1.54) is 11.3 Å². The van der Waals surface area contributed by atoms with E-state index in [-0.39, 0.29) is 6.61 Å². The van der Waals surface area contributed by atoms with E-state index in [0.29, 0.717) is 10.0 Å². The van der Waals surface area contributed by atoms with E-state index < -0.39 is 11.8 Å². The molecule has 14 heavy (non-hydrogen) atoms. The second-order valence-electron chi connectivity index (χ2n) is 2.37. The van der Waals surface area contributed by atoms with Gasteiger partial charge < -0.3 is 4.74 Å². The predicted octanol–water partition coefficient (Wildman–Crippen LogP) is 1.72. The van der Waals surface area contributed by atoms with Gasteiger partial charge in [0.1, 0.15) is 10.0 Å². The van der Waals surface area contributed by atoms with E-state index in [2.05, 4.69) is 14.9 Å². The van der Waals surface area contributed by atoms with Gasteiger partial charge in [0.25, 0.3) is 0 Å². The summed E-state index contributed by atoms with van der Waals surface area (Å²) in [5.41, 5.74) is 0. The number of halogens is 1. The maximum atomic E-state index is 13.0. The Hall–Kier alpha value is -1.30. The molecule has 6 heteroatoms. The molecular weight excluding hydrogens is 207 g/mol. The zero-order valence-electron chi connectivity index (χ0n) is 7.78. The number of esters is 1. The average Bonchev–Trinajstić information content (AvgIpc) is 2.51. The standard InChI is InChI=1S/C8H9FN2O2S/c1-3-13-8(12)6(9)4-7-11-10-5(2)14-7/h4H,3H2,1-2H3/b6-4-. The number of aryl methyl sites for hydroxylation is 1. The molecule has 0 aromatic carbocycles. The minimum Gasteiger partial charge on any atom is -0.461 e. The van der Waals surface area contributed by atoms with Gasteiger partial charge in [0.05, 0.1) is 6.61 Å². The van der Waals surface area contributed by atoms with E-state index in [0.717, 1.165) is 6.08 Å². The molecule has 0 spiro atoms. The van der Waals surface area contributed by atoms with Crippen LogP contribution in [0.15, 0.2) is 5.83 Å². The molecule has 0 bridgehead atoms. The van der Waals surface area contributed by atoms with Gasteiger partial charge in [-0.2, -0.15) is 4.39 Å². The topological polar surface area (TPSA) is 52.1 Å². The lowest BCUT2D eigenvalue weighted by atomic mass is 10.5. The molecular formula is C8H9FN2O2S. The Morgan fingerprint density at radius 2 is 2.36 bits per heavy atom. The summed E-state index contributed by atoms with van der Waals surface area (Å²) in [7, 11) is 0. The zero-order valence-corrected chi connectivity index (χ0v) is 8.60. The van der Waals surface area contributed by atoms with Gasteiger partial charge in [0.15, 0.2) is 0 Å². The van der Waals surface area contributed by atoms with E-state index in [1.807, 2.05) is 0 Å². The summed E-state index contributed by atoms with van der Waals surface area (Å²) in [5.74, 6) is -1.93. The molecule has 1 aromatic rings. The highest BCUT2D eigenvalue weighted by molar-refractivity contribution is 7.12. The smallest absolute Gasteiger partial charge is 0.367 e. The van der Waals surface area contributed by atoms with Crippen molar-refractivity contribution in [1.29, 1.82) is 0 Å². The normalized spacial score (nSPS) is 11.5. The number of hydrogen-bond donors (Lipinski definition) is 0. The molecule has 1 rings (SSSR count). The van der Waals surface area contributed by atoms with Crippen LogP contribution in [0.5, 0.6) is 0 Å². The highest BCUT2D eigenvalue weighted by Crippen LogP contribution is 2.13.